The van der Waals surface area contributed by atoms with Crippen LogP contribution in [0.4, 0.5) is 27.6 Å². The quantitative estimate of drug-likeness (QED) is 0.172. The van der Waals surface area contributed by atoms with Gasteiger partial charge in [-0.05, 0) is 55.0 Å². The zero-order chi connectivity index (χ0) is 32.2. The molecular formula is C30H25F5N4O5S. The number of anilines is 1. The van der Waals surface area contributed by atoms with E-state index < -0.39 is 74.3 Å². The van der Waals surface area contributed by atoms with Gasteiger partial charge in [0.2, 0.25) is 21.7 Å². The van der Waals surface area contributed by atoms with Crippen LogP contribution in [0.15, 0.2) is 41.4 Å². The van der Waals surface area contributed by atoms with Crippen LogP contribution in [-0.4, -0.2) is 48.0 Å². The van der Waals surface area contributed by atoms with Gasteiger partial charge >= 0.3 is 0 Å². The Morgan fingerprint density at radius 3 is 2.11 bits per heavy atom. The van der Waals surface area contributed by atoms with Crippen LogP contribution in [0.25, 0.3) is 0 Å². The van der Waals surface area contributed by atoms with Crippen LogP contribution in [0.1, 0.15) is 76.4 Å². The van der Waals surface area contributed by atoms with Crippen molar-refractivity contribution in [2.24, 2.45) is 0 Å². The van der Waals surface area contributed by atoms with Gasteiger partial charge in [-0.25, -0.2) is 30.4 Å². The molecule has 0 spiro atoms. The van der Waals surface area contributed by atoms with Gasteiger partial charge in [0.25, 0.3) is 11.8 Å². The van der Waals surface area contributed by atoms with Crippen molar-refractivity contribution in [2.75, 3.05) is 11.4 Å². The number of benzene rings is 2. The van der Waals surface area contributed by atoms with Gasteiger partial charge in [0, 0.05) is 18.4 Å². The summed E-state index contributed by atoms with van der Waals surface area (Å²) >= 11 is 0. The minimum atomic E-state index is -5.39. The Kier molecular flexibility index (Phi) is 7.93. The summed E-state index contributed by atoms with van der Waals surface area (Å²) in [6.07, 6.45) is 6.99. The number of fused-ring (bicyclic) bond motifs is 1. The molecule has 1 saturated heterocycles. The zero-order valence-corrected chi connectivity index (χ0v) is 24.3. The molecule has 2 aromatic carbocycles. The standard InChI is InChI=1S/C30H25F5N4O5S/c31-22-23(32)25(34)27(26(35)24(22)33)45(43,44)39-11-10-21(39)30(42)38(18-8-9-19-20(12-18)29(41)37-28(19)40)14-17-7-6-16(13-36-17)15-4-2-1-3-5-15/h6-9,12-13,15,21H,1-5,10-11,14H2,(H,37,40,41)/t21-/m1/s1. The highest BCUT2D eigenvalue weighted by atomic mass is 32.2. The van der Waals surface area contributed by atoms with Gasteiger partial charge in [-0.1, -0.05) is 25.3 Å². The number of carbonyl (C=O) groups is 3. The van der Waals surface area contributed by atoms with Crippen molar-refractivity contribution in [1.82, 2.24) is 14.6 Å². The molecule has 1 N–H and O–H groups in total. The van der Waals surface area contributed by atoms with E-state index in [2.05, 4.69) is 10.3 Å². The van der Waals surface area contributed by atoms with E-state index >= 15 is 0 Å². The Bertz CT molecular complexity index is 1820. The SMILES string of the molecule is O=C1NC(=O)c2cc(N(Cc3ccc(C4CCCCC4)cn3)C(=O)[C@H]3CCN3S(=O)(=O)c3c(F)c(F)c(F)c(F)c3F)ccc21. The number of nitrogens with one attached hydrogen (secondary N) is 1. The molecule has 15 heteroatoms. The number of carbonyl (C=O) groups excluding carboxylic acids is 3. The lowest BCUT2D eigenvalue weighted by Gasteiger charge is -2.41. The van der Waals surface area contributed by atoms with Crippen LogP contribution in [-0.2, 0) is 21.4 Å². The molecule has 1 aromatic heterocycles. The number of hydrogen-bond acceptors (Lipinski definition) is 6. The van der Waals surface area contributed by atoms with Gasteiger partial charge in [-0.2, -0.15) is 4.31 Å². The minimum absolute atomic E-state index is 0.0320. The third-order valence-electron chi connectivity index (χ3n) is 8.53. The first-order chi connectivity index (χ1) is 21.4. The van der Waals surface area contributed by atoms with E-state index in [1.807, 2.05) is 6.07 Å². The van der Waals surface area contributed by atoms with Crippen molar-refractivity contribution in [2.45, 2.75) is 61.9 Å². The molecule has 1 saturated carbocycles. The summed E-state index contributed by atoms with van der Waals surface area (Å²) in [4.78, 5) is 41.9. The van der Waals surface area contributed by atoms with E-state index in [0.29, 0.717) is 15.9 Å². The highest BCUT2D eigenvalue weighted by Gasteiger charge is 2.48. The smallest absolute Gasteiger partial charge is 0.259 e. The first-order valence-electron chi connectivity index (χ1n) is 14.2. The Balaban J connectivity index is 1.34. The zero-order valence-electron chi connectivity index (χ0n) is 23.5. The molecule has 1 aliphatic carbocycles. The summed E-state index contributed by atoms with van der Waals surface area (Å²) in [5.74, 6) is -14.4. The molecule has 3 heterocycles. The van der Waals surface area contributed by atoms with Crippen LogP contribution >= 0.6 is 0 Å². The van der Waals surface area contributed by atoms with Gasteiger partial charge in [0.1, 0.15) is 6.04 Å². The Labute approximate surface area is 254 Å². The number of imide groups is 1. The van der Waals surface area contributed by atoms with Crippen molar-refractivity contribution in [1.29, 1.82) is 0 Å². The molecule has 3 aromatic rings. The van der Waals surface area contributed by atoms with Crippen LogP contribution in [0.2, 0.25) is 0 Å². The fourth-order valence-electron chi connectivity index (χ4n) is 6.00. The average Bonchev–Trinajstić information content (AvgIpc) is 3.29. The van der Waals surface area contributed by atoms with Crippen molar-refractivity contribution in [3.63, 3.8) is 0 Å². The molecular weight excluding hydrogens is 623 g/mol. The van der Waals surface area contributed by atoms with Crippen LogP contribution < -0.4 is 10.2 Å². The molecule has 3 aliphatic rings. The summed E-state index contributed by atoms with van der Waals surface area (Å²) in [6.45, 7) is -0.674. The van der Waals surface area contributed by atoms with Crippen molar-refractivity contribution in [3.05, 3.63) is 88.0 Å². The Hall–Kier alpha value is -4.24. The van der Waals surface area contributed by atoms with Crippen LogP contribution in [0, 0.1) is 29.1 Å². The van der Waals surface area contributed by atoms with E-state index in [-0.39, 0.29) is 29.8 Å². The maximum atomic E-state index is 14.5. The molecule has 45 heavy (non-hydrogen) atoms. The predicted octanol–water partition coefficient (Wildman–Crippen LogP) is 4.70. The molecule has 2 aliphatic heterocycles. The average molecular weight is 649 g/mol. The Morgan fingerprint density at radius 1 is 0.867 bits per heavy atom. The summed E-state index contributed by atoms with van der Waals surface area (Å²) in [5.41, 5.74) is 1.53. The molecule has 1 atom stereocenters. The number of pyridine rings is 1. The molecule has 0 unspecified atom stereocenters. The van der Waals surface area contributed by atoms with E-state index in [9.17, 15) is 44.8 Å². The number of halogens is 5. The minimum Gasteiger partial charge on any atom is -0.305 e. The van der Waals surface area contributed by atoms with E-state index in [1.54, 1.807) is 12.3 Å². The third kappa shape index (κ3) is 5.27. The van der Waals surface area contributed by atoms with Crippen molar-refractivity contribution >= 4 is 33.4 Å². The Morgan fingerprint density at radius 2 is 1.51 bits per heavy atom. The number of nitrogens with zero attached hydrogens (tertiary/aromatic N) is 3. The van der Waals surface area contributed by atoms with Gasteiger partial charge in [0.15, 0.2) is 28.2 Å². The summed E-state index contributed by atoms with van der Waals surface area (Å²) < 4.78 is 97.3. The topological polar surface area (TPSA) is 117 Å². The first-order valence-corrected chi connectivity index (χ1v) is 15.6. The fourth-order valence-corrected chi connectivity index (χ4v) is 7.74. The highest BCUT2D eigenvalue weighted by molar-refractivity contribution is 7.89. The number of rotatable bonds is 7. The lowest BCUT2D eigenvalue weighted by atomic mass is 9.85. The van der Waals surface area contributed by atoms with Crippen molar-refractivity contribution < 1.29 is 44.8 Å². The molecule has 6 rings (SSSR count). The summed E-state index contributed by atoms with van der Waals surface area (Å²) in [5, 5.41) is 2.14. The highest BCUT2D eigenvalue weighted by Crippen LogP contribution is 2.36. The largest absolute Gasteiger partial charge is 0.305 e. The normalized spacial score (nSPS) is 18.8. The van der Waals surface area contributed by atoms with E-state index in [1.165, 1.54) is 24.6 Å². The molecule has 236 valence electrons. The monoisotopic (exact) mass is 648 g/mol. The van der Waals surface area contributed by atoms with Gasteiger partial charge in [-0.15, -0.1) is 0 Å². The summed E-state index contributed by atoms with van der Waals surface area (Å²) in [6, 6.07) is 5.96. The molecule has 9 nitrogen and oxygen atoms in total. The third-order valence-corrected chi connectivity index (χ3v) is 10.5. The maximum absolute atomic E-state index is 14.5. The van der Waals surface area contributed by atoms with Crippen LogP contribution in [0.3, 0.4) is 0 Å². The number of aromatic nitrogens is 1. The molecule has 0 bridgehead atoms. The maximum Gasteiger partial charge on any atom is 0.259 e. The van der Waals surface area contributed by atoms with E-state index in [0.717, 1.165) is 36.1 Å². The second-order valence-corrected chi connectivity index (χ2v) is 13.0. The molecule has 0 radical (unpaired) electrons. The molecule has 3 amide bonds. The second kappa shape index (κ2) is 11.6. The van der Waals surface area contributed by atoms with Crippen molar-refractivity contribution in [3.8, 4) is 0 Å². The van der Waals surface area contributed by atoms with E-state index in [4.69, 9.17) is 0 Å². The predicted molar refractivity (Wildman–Crippen MR) is 148 cm³/mol. The van der Waals surface area contributed by atoms with Gasteiger partial charge in [0.05, 0.1) is 23.4 Å². The molecule has 2 fully saturated rings. The second-order valence-electron chi connectivity index (χ2n) is 11.2. The first kappa shape index (κ1) is 30.8. The van der Waals surface area contributed by atoms with Gasteiger partial charge < -0.3 is 4.90 Å². The number of sulfonamides is 1. The number of hydrogen-bond donors (Lipinski definition) is 1. The lowest BCUT2D eigenvalue weighted by Crippen LogP contribution is -2.59. The fraction of sp³-hybridized carbons (Fsp3) is 0.333. The summed E-state index contributed by atoms with van der Waals surface area (Å²) in [7, 11) is -5.39. The van der Waals surface area contributed by atoms with Crippen LogP contribution in [0.5, 0.6) is 0 Å². The van der Waals surface area contributed by atoms with Gasteiger partial charge in [-0.3, -0.25) is 24.7 Å². The number of amides is 3. The lowest BCUT2D eigenvalue weighted by molar-refractivity contribution is -0.125.